The zero-order valence-corrected chi connectivity index (χ0v) is 17.6. The molecule has 0 radical (unpaired) electrons. The Bertz CT molecular complexity index is 760. The fourth-order valence-corrected chi connectivity index (χ4v) is 5.40. The van der Waals surface area contributed by atoms with Crippen LogP contribution in [0.1, 0.15) is 39.5 Å². The molecular formula is C20H32N3O4S+. The van der Waals surface area contributed by atoms with E-state index in [9.17, 15) is 13.2 Å². The number of benzene rings is 1. The normalized spacial score (nSPS) is 25.2. The third kappa shape index (κ3) is 5.11. The van der Waals surface area contributed by atoms with Gasteiger partial charge in [0.2, 0.25) is 10.0 Å². The van der Waals surface area contributed by atoms with Gasteiger partial charge in [0.1, 0.15) is 0 Å². The number of nitrogens with two attached hydrogens (primary N) is 1. The van der Waals surface area contributed by atoms with E-state index in [0.29, 0.717) is 44.0 Å². The van der Waals surface area contributed by atoms with Gasteiger partial charge < -0.3 is 15.4 Å². The molecule has 1 amide bonds. The average molecular weight is 411 g/mol. The number of hydrogen-bond acceptors (Lipinski definition) is 4. The van der Waals surface area contributed by atoms with Crippen LogP contribution in [0, 0.1) is 5.92 Å². The minimum atomic E-state index is -3.51. The van der Waals surface area contributed by atoms with Crippen molar-refractivity contribution in [3.05, 3.63) is 24.3 Å². The molecular weight excluding hydrogens is 378 g/mol. The molecule has 3 N–H and O–H groups in total. The highest BCUT2D eigenvalue weighted by Crippen LogP contribution is 2.22. The van der Waals surface area contributed by atoms with Crippen LogP contribution in [0.3, 0.4) is 0 Å². The highest BCUT2D eigenvalue weighted by Gasteiger charge is 2.29. The largest absolute Gasteiger partial charge is 0.379 e. The lowest BCUT2D eigenvalue weighted by Crippen LogP contribution is -2.97. The first kappa shape index (κ1) is 21.2. The van der Waals surface area contributed by atoms with Crippen molar-refractivity contribution in [2.24, 2.45) is 5.92 Å². The highest BCUT2D eigenvalue weighted by atomic mass is 32.2. The van der Waals surface area contributed by atoms with Gasteiger partial charge in [0.25, 0.3) is 5.91 Å². The Morgan fingerprint density at radius 3 is 2.46 bits per heavy atom. The van der Waals surface area contributed by atoms with Crippen LogP contribution in [0.2, 0.25) is 0 Å². The number of carbonyl (C=O) groups is 1. The summed E-state index contributed by atoms with van der Waals surface area (Å²) in [6.07, 6.45) is 4.91. The van der Waals surface area contributed by atoms with E-state index in [2.05, 4.69) is 17.6 Å². The van der Waals surface area contributed by atoms with Gasteiger partial charge in [-0.2, -0.15) is 4.31 Å². The van der Waals surface area contributed by atoms with Gasteiger partial charge in [-0.05, 0) is 50.5 Å². The van der Waals surface area contributed by atoms with Crippen molar-refractivity contribution in [1.82, 2.24) is 4.31 Å². The Morgan fingerprint density at radius 1 is 1.18 bits per heavy atom. The third-order valence-electron chi connectivity index (χ3n) is 5.86. The summed E-state index contributed by atoms with van der Waals surface area (Å²) in [4.78, 5) is 12.8. The number of sulfonamides is 1. The van der Waals surface area contributed by atoms with E-state index in [1.807, 2.05) is 6.92 Å². The van der Waals surface area contributed by atoms with Crippen LogP contribution >= 0.6 is 0 Å². The Kier molecular flexibility index (Phi) is 7.09. The van der Waals surface area contributed by atoms with Gasteiger partial charge in [-0.25, -0.2) is 8.42 Å². The van der Waals surface area contributed by atoms with Gasteiger partial charge in [0.15, 0.2) is 6.04 Å². The van der Waals surface area contributed by atoms with Gasteiger partial charge in [-0.15, -0.1) is 0 Å². The zero-order valence-electron chi connectivity index (χ0n) is 16.8. The Labute approximate surface area is 167 Å². The summed E-state index contributed by atoms with van der Waals surface area (Å²) < 4.78 is 32.0. The molecule has 3 atom stereocenters. The first-order valence-electron chi connectivity index (χ1n) is 10.2. The summed E-state index contributed by atoms with van der Waals surface area (Å²) in [5.41, 5.74) is 0.614. The van der Waals surface area contributed by atoms with Crippen molar-refractivity contribution in [2.75, 3.05) is 31.6 Å². The number of rotatable bonds is 6. The van der Waals surface area contributed by atoms with Gasteiger partial charge in [0, 0.05) is 24.7 Å². The van der Waals surface area contributed by atoms with Crippen LogP contribution < -0.4 is 10.6 Å². The third-order valence-corrected chi connectivity index (χ3v) is 7.77. The maximum Gasteiger partial charge on any atom is 0.282 e. The van der Waals surface area contributed by atoms with Crippen molar-refractivity contribution >= 4 is 21.6 Å². The minimum absolute atomic E-state index is 0.0541. The lowest BCUT2D eigenvalue weighted by molar-refractivity contribution is -0.714. The predicted molar refractivity (Wildman–Crippen MR) is 107 cm³/mol. The van der Waals surface area contributed by atoms with Crippen molar-refractivity contribution in [1.29, 1.82) is 0 Å². The first-order chi connectivity index (χ1) is 13.4. The molecule has 1 aliphatic heterocycles. The molecule has 1 saturated heterocycles. The maximum atomic E-state index is 12.7. The predicted octanol–water partition coefficient (Wildman–Crippen LogP) is 1.18. The van der Waals surface area contributed by atoms with Crippen molar-refractivity contribution in [3.8, 4) is 0 Å². The number of amides is 1. The SMILES string of the molecule is C[C@H]([NH2+][C@H]1CCCC[C@H]1C)C(=O)Nc1ccc(S(=O)(=O)N2CCOCC2)cc1. The molecule has 0 aromatic heterocycles. The van der Waals surface area contributed by atoms with Crippen LogP contribution in [0.15, 0.2) is 29.2 Å². The van der Waals surface area contributed by atoms with E-state index in [1.54, 1.807) is 24.3 Å². The van der Waals surface area contributed by atoms with Crippen LogP contribution in [0.25, 0.3) is 0 Å². The maximum absolute atomic E-state index is 12.7. The molecule has 0 bridgehead atoms. The number of ether oxygens (including phenoxy) is 1. The standard InChI is InChI=1S/C20H31N3O4S/c1-15-5-3-4-6-19(15)21-16(2)20(24)22-17-7-9-18(10-8-17)28(25,26)23-11-13-27-14-12-23/h7-10,15-16,19,21H,3-6,11-14H2,1-2H3,(H,22,24)/p+1/t15-,16+,19+/m1/s1. The number of carbonyl (C=O) groups excluding carboxylic acids is 1. The number of nitrogens with one attached hydrogen (secondary N) is 1. The van der Waals surface area contributed by atoms with Gasteiger partial charge in [-0.3, -0.25) is 4.79 Å². The van der Waals surface area contributed by atoms with E-state index in [-0.39, 0.29) is 16.8 Å². The minimum Gasteiger partial charge on any atom is -0.379 e. The molecule has 8 heteroatoms. The monoisotopic (exact) mass is 410 g/mol. The molecule has 0 unspecified atom stereocenters. The number of morpholine rings is 1. The van der Waals surface area contributed by atoms with Crippen molar-refractivity contribution in [2.45, 2.75) is 56.5 Å². The second kappa shape index (κ2) is 9.35. The lowest BCUT2D eigenvalue weighted by atomic mass is 9.85. The molecule has 156 valence electrons. The second-order valence-electron chi connectivity index (χ2n) is 7.94. The lowest BCUT2D eigenvalue weighted by Gasteiger charge is -2.28. The van der Waals surface area contributed by atoms with E-state index in [0.717, 1.165) is 6.42 Å². The number of hydrogen-bond donors (Lipinski definition) is 2. The summed E-state index contributed by atoms with van der Waals surface area (Å²) in [5, 5.41) is 5.08. The first-order valence-corrected chi connectivity index (χ1v) is 11.7. The molecule has 1 saturated carbocycles. The number of anilines is 1. The summed E-state index contributed by atoms with van der Waals surface area (Å²) in [6, 6.07) is 6.73. The Morgan fingerprint density at radius 2 is 1.82 bits per heavy atom. The Hall–Kier alpha value is -1.48. The topological polar surface area (TPSA) is 92.3 Å². The summed E-state index contributed by atoms with van der Waals surface area (Å²) >= 11 is 0. The molecule has 0 spiro atoms. The molecule has 7 nitrogen and oxygen atoms in total. The van der Waals surface area contributed by atoms with Crippen molar-refractivity contribution < 1.29 is 23.3 Å². The molecule has 1 aromatic carbocycles. The number of nitrogens with zero attached hydrogens (tertiary/aromatic N) is 1. The van der Waals surface area contributed by atoms with E-state index in [4.69, 9.17) is 4.74 Å². The smallest absolute Gasteiger partial charge is 0.282 e. The van der Waals surface area contributed by atoms with Crippen LogP contribution in [-0.4, -0.2) is 57.0 Å². The fourth-order valence-electron chi connectivity index (χ4n) is 3.99. The molecule has 1 aliphatic carbocycles. The molecule has 28 heavy (non-hydrogen) atoms. The van der Waals surface area contributed by atoms with Gasteiger partial charge >= 0.3 is 0 Å². The van der Waals surface area contributed by atoms with E-state index in [1.165, 1.54) is 23.6 Å². The molecule has 3 rings (SSSR count). The van der Waals surface area contributed by atoms with Gasteiger partial charge in [0.05, 0.1) is 24.2 Å². The fraction of sp³-hybridized carbons (Fsp3) is 0.650. The summed E-state index contributed by atoms with van der Waals surface area (Å²) in [6.45, 7) is 5.76. The molecule has 1 aromatic rings. The van der Waals surface area contributed by atoms with Gasteiger partial charge in [-0.1, -0.05) is 13.3 Å². The molecule has 2 fully saturated rings. The van der Waals surface area contributed by atoms with Crippen LogP contribution in [0.4, 0.5) is 5.69 Å². The quantitative estimate of drug-likeness (QED) is 0.737. The Balaban J connectivity index is 1.58. The highest BCUT2D eigenvalue weighted by molar-refractivity contribution is 7.89. The number of quaternary nitrogens is 1. The van der Waals surface area contributed by atoms with Crippen molar-refractivity contribution in [3.63, 3.8) is 0 Å². The second-order valence-corrected chi connectivity index (χ2v) is 9.87. The zero-order chi connectivity index (χ0) is 20.1. The van der Waals surface area contributed by atoms with Crippen LogP contribution in [0.5, 0.6) is 0 Å². The van der Waals surface area contributed by atoms with Crippen LogP contribution in [-0.2, 0) is 19.6 Å². The summed E-state index contributed by atoms with van der Waals surface area (Å²) in [5.74, 6) is 0.579. The van der Waals surface area contributed by atoms with E-state index >= 15 is 0 Å². The molecule has 2 aliphatic rings. The summed E-state index contributed by atoms with van der Waals surface area (Å²) in [7, 11) is -3.51. The average Bonchev–Trinajstić information content (AvgIpc) is 2.70. The molecule has 1 heterocycles. The van der Waals surface area contributed by atoms with E-state index < -0.39 is 10.0 Å².